The molecule has 110 valence electrons. The lowest BCUT2D eigenvalue weighted by atomic mass is 10.1. The minimum absolute atomic E-state index is 0.121. The standard InChI is InChI=1S/C13H17F2N3O2/c14-13(15)20-10-3-1-9(2-4-10)8-18-6-5-17-7-11(18)12(16)19/h1-4,11,13,17H,5-8H2,(H2,16,19). The summed E-state index contributed by atoms with van der Waals surface area (Å²) in [6.07, 6.45) is 0. The van der Waals surface area contributed by atoms with Crippen molar-refractivity contribution in [2.75, 3.05) is 19.6 Å². The highest BCUT2D eigenvalue weighted by molar-refractivity contribution is 5.80. The van der Waals surface area contributed by atoms with E-state index in [-0.39, 0.29) is 17.7 Å². The van der Waals surface area contributed by atoms with Crippen LogP contribution in [0, 0.1) is 0 Å². The van der Waals surface area contributed by atoms with Gasteiger partial charge in [0.2, 0.25) is 5.91 Å². The summed E-state index contributed by atoms with van der Waals surface area (Å²) in [5, 5.41) is 3.12. The molecule has 1 aliphatic heterocycles. The predicted octanol–water partition coefficient (Wildman–Crippen LogP) is 0.547. The minimum atomic E-state index is -2.83. The second-order valence-corrected chi connectivity index (χ2v) is 4.62. The predicted molar refractivity (Wildman–Crippen MR) is 69.3 cm³/mol. The van der Waals surface area contributed by atoms with Crippen LogP contribution in [0.4, 0.5) is 8.78 Å². The summed E-state index contributed by atoms with van der Waals surface area (Å²) in [7, 11) is 0. The van der Waals surface area contributed by atoms with Crippen LogP contribution in [0.15, 0.2) is 24.3 Å². The maximum absolute atomic E-state index is 12.0. The van der Waals surface area contributed by atoms with Crippen molar-refractivity contribution in [3.05, 3.63) is 29.8 Å². The molecule has 0 aromatic heterocycles. The van der Waals surface area contributed by atoms with E-state index in [0.29, 0.717) is 19.6 Å². The molecule has 5 nitrogen and oxygen atoms in total. The van der Waals surface area contributed by atoms with Gasteiger partial charge in [-0.05, 0) is 17.7 Å². The van der Waals surface area contributed by atoms with Gasteiger partial charge in [-0.2, -0.15) is 8.78 Å². The van der Waals surface area contributed by atoms with Crippen molar-refractivity contribution in [3.8, 4) is 5.75 Å². The van der Waals surface area contributed by atoms with E-state index in [1.165, 1.54) is 12.1 Å². The van der Waals surface area contributed by atoms with Crippen LogP contribution in [0.2, 0.25) is 0 Å². The number of carbonyl (C=O) groups is 1. The fourth-order valence-corrected chi connectivity index (χ4v) is 2.23. The summed E-state index contributed by atoms with van der Waals surface area (Å²) < 4.78 is 28.4. The van der Waals surface area contributed by atoms with Crippen molar-refractivity contribution >= 4 is 5.91 Å². The molecule has 0 radical (unpaired) electrons. The molecule has 1 atom stereocenters. The van der Waals surface area contributed by atoms with E-state index in [2.05, 4.69) is 10.1 Å². The van der Waals surface area contributed by atoms with Gasteiger partial charge in [0, 0.05) is 26.2 Å². The Hall–Kier alpha value is -1.73. The molecule has 2 rings (SSSR count). The molecule has 7 heteroatoms. The van der Waals surface area contributed by atoms with E-state index in [4.69, 9.17) is 5.73 Å². The first-order chi connectivity index (χ1) is 9.56. The van der Waals surface area contributed by atoms with Crippen molar-refractivity contribution in [1.29, 1.82) is 0 Å². The van der Waals surface area contributed by atoms with Crippen molar-refractivity contribution in [2.45, 2.75) is 19.2 Å². The Labute approximate surface area is 115 Å². The van der Waals surface area contributed by atoms with Crippen LogP contribution in [-0.2, 0) is 11.3 Å². The molecule has 3 N–H and O–H groups in total. The molecule has 1 aromatic rings. The number of nitrogens with two attached hydrogens (primary N) is 1. The summed E-state index contributed by atoms with van der Waals surface area (Å²) in [4.78, 5) is 13.3. The zero-order valence-electron chi connectivity index (χ0n) is 10.9. The number of ether oxygens (including phenoxy) is 1. The Morgan fingerprint density at radius 2 is 2.15 bits per heavy atom. The summed E-state index contributed by atoms with van der Waals surface area (Å²) in [5.74, 6) is -0.245. The quantitative estimate of drug-likeness (QED) is 0.829. The summed E-state index contributed by atoms with van der Waals surface area (Å²) in [5.41, 5.74) is 6.28. The zero-order chi connectivity index (χ0) is 14.5. The first-order valence-corrected chi connectivity index (χ1v) is 6.34. The molecule has 1 heterocycles. The average Bonchev–Trinajstić information content (AvgIpc) is 2.41. The second kappa shape index (κ2) is 6.62. The molecular weight excluding hydrogens is 268 g/mol. The van der Waals surface area contributed by atoms with Gasteiger partial charge in [0.25, 0.3) is 0 Å². The smallest absolute Gasteiger partial charge is 0.387 e. The van der Waals surface area contributed by atoms with Crippen LogP contribution in [0.5, 0.6) is 5.75 Å². The number of nitrogens with zero attached hydrogens (tertiary/aromatic N) is 1. The molecule has 1 saturated heterocycles. The fraction of sp³-hybridized carbons (Fsp3) is 0.462. The van der Waals surface area contributed by atoms with Gasteiger partial charge in [0.15, 0.2) is 0 Å². The van der Waals surface area contributed by atoms with Crippen molar-refractivity contribution < 1.29 is 18.3 Å². The first-order valence-electron chi connectivity index (χ1n) is 6.34. The third-order valence-electron chi connectivity index (χ3n) is 3.22. The summed E-state index contributed by atoms with van der Waals surface area (Å²) in [6.45, 7) is -0.251. The van der Waals surface area contributed by atoms with E-state index in [0.717, 1.165) is 12.1 Å². The molecule has 1 aromatic carbocycles. The van der Waals surface area contributed by atoms with Gasteiger partial charge in [-0.3, -0.25) is 9.69 Å². The van der Waals surface area contributed by atoms with Crippen LogP contribution >= 0.6 is 0 Å². The largest absolute Gasteiger partial charge is 0.435 e. The maximum atomic E-state index is 12.0. The third-order valence-corrected chi connectivity index (χ3v) is 3.22. The van der Waals surface area contributed by atoms with Crippen molar-refractivity contribution in [3.63, 3.8) is 0 Å². The highest BCUT2D eigenvalue weighted by Gasteiger charge is 2.26. The highest BCUT2D eigenvalue weighted by Crippen LogP contribution is 2.17. The number of piperazine rings is 1. The molecule has 1 aliphatic rings. The maximum Gasteiger partial charge on any atom is 0.387 e. The monoisotopic (exact) mass is 285 g/mol. The zero-order valence-corrected chi connectivity index (χ0v) is 10.9. The Kier molecular flexibility index (Phi) is 4.86. The third kappa shape index (κ3) is 3.88. The van der Waals surface area contributed by atoms with Gasteiger partial charge in [-0.15, -0.1) is 0 Å². The Bertz CT molecular complexity index is 453. The number of rotatable bonds is 5. The van der Waals surface area contributed by atoms with E-state index in [9.17, 15) is 13.6 Å². The van der Waals surface area contributed by atoms with Crippen LogP contribution in [0.25, 0.3) is 0 Å². The number of primary amides is 1. The normalized spacial score (nSPS) is 20.1. The van der Waals surface area contributed by atoms with E-state index >= 15 is 0 Å². The van der Waals surface area contributed by atoms with Gasteiger partial charge >= 0.3 is 6.61 Å². The van der Waals surface area contributed by atoms with Gasteiger partial charge in [0.1, 0.15) is 11.8 Å². The van der Waals surface area contributed by atoms with Gasteiger partial charge in [-0.1, -0.05) is 12.1 Å². The van der Waals surface area contributed by atoms with Crippen LogP contribution in [0.1, 0.15) is 5.56 Å². The van der Waals surface area contributed by atoms with E-state index in [1.54, 1.807) is 12.1 Å². The van der Waals surface area contributed by atoms with Crippen molar-refractivity contribution in [2.24, 2.45) is 5.73 Å². The average molecular weight is 285 g/mol. The lowest BCUT2D eigenvalue weighted by molar-refractivity contribution is -0.124. The van der Waals surface area contributed by atoms with E-state index < -0.39 is 6.61 Å². The SMILES string of the molecule is NC(=O)C1CNCCN1Cc1ccc(OC(F)F)cc1. The first kappa shape index (κ1) is 14.7. The summed E-state index contributed by atoms with van der Waals surface area (Å²) in [6, 6.07) is 6.04. The number of alkyl halides is 2. The molecule has 1 amide bonds. The lowest BCUT2D eigenvalue weighted by Crippen LogP contribution is -2.56. The second-order valence-electron chi connectivity index (χ2n) is 4.62. The summed E-state index contributed by atoms with van der Waals surface area (Å²) >= 11 is 0. The number of hydrogen-bond donors (Lipinski definition) is 2. The van der Waals surface area contributed by atoms with Gasteiger partial charge < -0.3 is 15.8 Å². The Morgan fingerprint density at radius 3 is 2.75 bits per heavy atom. The minimum Gasteiger partial charge on any atom is -0.435 e. The van der Waals surface area contributed by atoms with Crippen LogP contribution in [-0.4, -0.2) is 43.1 Å². The number of nitrogens with one attached hydrogen (secondary N) is 1. The number of hydrogen-bond acceptors (Lipinski definition) is 4. The Balaban J connectivity index is 1.99. The van der Waals surface area contributed by atoms with Crippen LogP contribution < -0.4 is 15.8 Å². The number of amides is 1. The molecule has 0 bridgehead atoms. The molecule has 1 unspecified atom stereocenters. The lowest BCUT2D eigenvalue weighted by Gasteiger charge is -2.34. The molecule has 20 heavy (non-hydrogen) atoms. The van der Waals surface area contributed by atoms with E-state index in [1.807, 2.05) is 4.90 Å². The number of benzene rings is 1. The molecular formula is C13H17F2N3O2. The number of halogens is 2. The molecule has 0 spiro atoms. The van der Waals surface area contributed by atoms with Crippen molar-refractivity contribution in [1.82, 2.24) is 10.2 Å². The fourth-order valence-electron chi connectivity index (χ4n) is 2.23. The van der Waals surface area contributed by atoms with Crippen LogP contribution in [0.3, 0.4) is 0 Å². The highest BCUT2D eigenvalue weighted by atomic mass is 19.3. The molecule has 1 fully saturated rings. The number of carbonyl (C=O) groups excluding carboxylic acids is 1. The molecule has 0 saturated carbocycles. The molecule has 0 aliphatic carbocycles. The topological polar surface area (TPSA) is 67.6 Å². The Morgan fingerprint density at radius 1 is 1.45 bits per heavy atom. The van der Waals surface area contributed by atoms with Gasteiger partial charge in [0.05, 0.1) is 0 Å². The van der Waals surface area contributed by atoms with Gasteiger partial charge in [-0.25, -0.2) is 0 Å².